The normalized spacial score (nSPS) is 19.4. The van der Waals surface area contributed by atoms with Gasteiger partial charge in [-0.05, 0) is 13.8 Å². The quantitative estimate of drug-likeness (QED) is 0.817. The number of hydrogen-bond donors (Lipinski definition) is 1. The summed E-state index contributed by atoms with van der Waals surface area (Å²) in [6.07, 6.45) is 3.34. The van der Waals surface area contributed by atoms with Crippen molar-refractivity contribution in [2.75, 3.05) is 37.6 Å². The maximum absolute atomic E-state index is 9.35. The van der Waals surface area contributed by atoms with E-state index in [2.05, 4.69) is 19.8 Å². The molecular formula is C12H20N4O. The third-order valence-corrected chi connectivity index (χ3v) is 2.96. The molecule has 1 saturated heterocycles. The molecule has 0 aliphatic carbocycles. The molecule has 0 aromatic carbocycles. The highest BCUT2D eigenvalue weighted by Crippen LogP contribution is 2.12. The lowest BCUT2D eigenvalue weighted by Gasteiger charge is -2.35. The molecule has 0 saturated carbocycles. The Balaban J connectivity index is 1.91. The summed E-state index contributed by atoms with van der Waals surface area (Å²) in [5.74, 6) is 0.960. The monoisotopic (exact) mass is 236 g/mol. The van der Waals surface area contributed by atoms with Crippen molar-refractivity contribution in [3.63, 3.8) is 0 Å². The van der Waals surface area contributed by atoms with Crippen molar-refractivity contribution in [2.45, 2.75) is 20.0 Å². The molecule has 0 unspecified atom stereocenters. The van der Waals surface area contributed by atoms with Crippen LogP contribution in [0.2, 0.25) is 0 Å². The highest BCUT2D eigenvalue weighted by Gasteiger charge is 2.18. The molecular weight excluding hydrogens is 216 g/mol. The Kier molecular flexibility index (Phi) is 3.91. The standard InChI is InChI=1S/C12H20N4O/c1-10-7-13-8-12(14-10)16-5-3-15(4-6-16)9-11(2)17/h7-8,11,17H,3-6,9H2,1-2H3/t11-/m1/s1. The zero-order valence-corrected chi connectivity index (χ0v) is 10.5. The molecule has 2 heterocycles. The van der Waals surface area contributed by atoms with Crippen molar-refractivity contribution in [1.82, 2.24) is 14.9 Å². The Hall–Kier alpha value is -1.20. The van der Waals surface area contributed by atoms with Crippen LogP contribution in [0.1, 0.15) is 12.6 Å². The summed E-state index contributed by atoms with van der Waals surface area (Å²) in [6, 6.07) is 0. The molecule has 1 fully saturated rings. The van der Waals surface area contributed by atoms with Crippen molar-refractivity contribution in [3.8, 4) is 0 Å². The largest absolute Gasteiger partial charge is 0.392 e. The highest BCUT2D eigenvalue weighted by molar-refractivity contribution is 5.36. The zero-order valence-electron chi connectivity index (χ0n) is 10.5. The molecule has 94 valence electrons. The van der Waals surface area contributed by atoms with Gasteiger partial charge in [0.15, 0.2) is 0 Å². The highest BCUT2D eigenvalue weighted by atomic mass is 16.3. The van der Waals surface area contributed by atoms with Crippen molar-refractivity contribution in [3.05, 3.63) is 18.1 Å². The van der Waals surface area contributed by atoms with E-state index < -0.39 is 0 Å². The van der Waals surface area contributed by atoms with Gasteiger partial charge in [-0.3, -0.25) is 9.88 Å². The maximum Gasteiger partial charge on any atom is 0.147 e. The predicted octanol–water partition coefficient (Wildman–Crippen LogP) is 0.288. The van der Waals surface area contributed by atoms with Crippen LogP contribution in [-0.2, 0) is 0 Å². The van der Waals surface area contributed by atoms with Gasteiger partial charge in [-0.2, -0.15) is 0 Å². The Bertz CT molecular complexity index is 361. The van der Waals surface area contributed by atoms with Gasteiger partial charge in [0, 0.05) is 38.9 Å². The fourth-order valence-electron chi connectivity index (χ4n) is 2.14. The van der Waals surface area contributed by atoms with Crippen molar-refractivity contribution < 1.29 is 5.11 Å². The van der Waals surface area contributed by atoms with Gasteiger partial charge in [0.2, 0.25) is 0 Å². The van der Waals surface area contributed by atoms with Gasteiger partial charge in [0.05, 0.1) is 18.0 Å². The van der Waals surface area contributed by atoms with Crippen molar-refractivity contribution in [2.24, 2.45) is 0 Å². The first-order valence-electron chi connectivity index (χ1n) is 6.09. The van der Waals surface area contributed by atoms with Gasteiger partial charge in [0.1, 0.15) is 5.82 Å². The second kappa shape index (κ2) is 5.42. The number of anilines is 1. The lowest BCUT2D eigenvalue weighted by molar-refractivity contribution is 0.122. The van der Waals surface area contributed by atoms with E-state index in [1.807, 2.05) is 20.0 Å². The summed E-state index contributed by atoms with van der Waals surface area (Å²) in [7, 11) is 0. The lowest BCUT2D eigenvalue weighted by atomic mass is 10.3. The van der Waals surface area contributed by atoms with Crippen molar-refractivity contribution >= 4 is 5.82 Å². The molecule has 1 N–H and O–H groups in total. The minimum Gasteiger partial charge on any atom is -0.392 e. The van der Waals surface area contributed by atoms with Crippen LogP contribution in [0.15, 0.2) is 12.4 Å². The average Bonchev–Trinajstić information content (AvgIpc) is 2.29. The summed E-state index contributed by atoms with van der Waals surface area (Å²) in [5, 5.41) is 9.35. The number of aryl methyl sites for hydroxylation is 1. The van der Waals surface area contributed by atoms with E-state index in [1.165, 1.54) is 0 Å². The van der Waals surface area contributed by atoms with Gasteiger partial charge in [-0.25, -0.2) is 4.98 Å². The van der Waals surface area contributed by atoms with E-state index in [0.717, 1.165) is 44.2 Å². The molecule has 1 aromatic heterocycles. The molecule has 17 heavy (non-hydrogen) atoms. The van der Waals surface area contributed by atoms with E-state index >= 15 is 0 Å². The molecule has 5 nitrogen and oxygen atoms in total. The SMILES string of the molecule is Cc1cncc(N2CCN(C[C@@H](C)O)CC2)n1. The first-order chi connectivity index (χ1) is 8.15. The van der Waals surface area contributed by atoms with E-state index in [-0.39, 0.29) is 6.10 Å². The van der Waals surface area contributed by atoms with Gasteiger partial charge >= 0.3 is 0 Å². The molecule has 1 aliphatic rings. The van der Waals surface area contributed by atoms with Gasteiger partial charge < -0.3 is 10.0 Å². The summed E-state index contributed by atoms with van der Waals surface area (Å²) in [4.78, 5) is 13.2. The Morgan fingerprint density at radius 2 is 2.00 bits per heavy atom. The number of β-amino-alcohol motifs (C(OH)–C–C–N with tert-alkyl or cyclic N) is 1. The van der Waals surface area contributed by atoms with E-state index in [1.54, 1.807) is 6.20 Å². The number of rotatable bonds is 3. The zero-order chi connectivity index (χ0) is 12.3. The number of aromatic nitrogens is 2. The van der Waals surface area contributed by atoms with Crippen LogP contribution < -0.4 is 4.90 Å². The van der Waals surface area contributed by atoms with E-state index in [4.69, 9.17) is 0 Å². The molecule has 0 amide bonds. The maximum atomic E-state index is 9.35. The molecule has 1 aliphatic heterocycles. The van der Waals surface area contributed by atoms with Gasteiger partial charge in [-0.15, -0.1) is 0 Å². The van der Waals surface area contributed by atoms with Crippen LogP contribution in [0.4, 0.5) is 5.82 Å². The van der Waals surface area contributed by atoms with E-state index in [0.29, 0.717) is 0 Å². The molecule has 0 spiro atoms. The minimum atomic E-state index is -0.250. The molecule has 1 atom stereocenters. The smallest absolute Gasteiger partial charge is 0.147 e. The predicted molar refractivity (Wildman–Crippen MR) is 67.1 cm³/mol. The molecule has 0 radical (unpaired) electrons. The van der Waals surface area contributed by atoms with Gasteiger partial charge in [0.25, 0.3) is 0 Å². The fraction of sp³-hybridized carbons (Fsp3) is 0.667. The first kappa shape index (κ1) is 12.3. The van der Waals surface area contributed by atoms with Crippen LogP contribution in [0.3, 0.4) is 0 Å². The third-order valence-electron chi connectivity index (χ3n) is 2.96. The second-order valence-electron chi connectivity index (χ2n) is 4.66. The Labute approximate surface area is 102 Å². The van der Waals surface area contributed by atoms with Crippen molar-refractivity contribution in [1.29, 1.82) is 0 Å². The van der Waals surface area contributed by atoms with E-state index in [9.17, 15) is 5.11 Å². The van der Waals surface area contributed by atoms with Gasteiger partial charge in [-0.1, -0.05) is 0 Å². The van der Waals surface area contributed by atoms with Crippen LogP contribution in [0.5, 0.6) is 0 Å². The van der Waals surface area contributed by atoms with Crippen LogP contribution >= 0.6 is 0 Å². The minimum absolute atomic E-state index is 0.250. The number of nitrogens with zero attached hydrogens (tertiary/aromatic N) is 4. The lowest BCUT2D eigenvalue weighted by Crippen LogP contribution is -2.48. The molecule has 2 rings (SSSR count). The summed E-state index contributed by atoms with van der Waals surface area (Å²) >= 11 is 0. The summed E-state index contributed by atoms with van der Waals surface area (Å²) in [5.41, 5.74) is 0.953. The van der Waals surface area contributed by atoms with Crippen LogP contribution in [0, 0.1) is 6.92 Å². The number of aliphatic hydroxyl groups is 1. The van der Waals surface area contributed by atoms with Crippen LogP contribution in [-0.4, -0.2) is 58.8 Å². The first-order valence-corrected chi connectivity index (χ1v) is 6.09. The topological polar surface area (TPSA) is 52.5 Å². The summed E-state index contributed by atoms with van der Waals surface area (Å²) < 4.78 is 0. The molecule has 0 bridgehead atoms. The second-order valence-corrected chi connectivity index (χ2v) is 4.66. The summed E-state index contributed by atoms with van der Waals surface area (Å²) in [6.45, 7) is 8.39. The molecule has 5 heteroatoms. The fourth-order valence-corrected chi connectivity index (χ4v) is 2.14. The Morgan fingerprint density at radius 1 is 1.29 bits per heavy atom. The average molecular weight is 236 g/mol. The van der Waals surface area contributed by atoms with Crippen LogP contribution in [0.25, 0.3) is 0 Å². The number of piperazine rings is 1. The molecule has 1 aromatic rings. The number of hydrogen-bond acceptors (Lipinski definition) is 5. The number of aliphatic hydroxyl groups excluding tert-OH is 1. The third kappa shape index (κ3) is 3.38. The Morgan fingerprint density at radius 3 is 2.59 bits per heavy atom.